The summed E-state index contributed by atoms with van der Waals surface area (Å²) in [6, 6.07) is 2.59. The first kappa shape index (κ1) is 58.0. The zero-order valence-electron chi connectivity index (χ0n) is 36.1. The van der Waals surface area contributed by atoms with E-state index in [9.17, 15) is 79.8 Å². The minimum Gasteiger partial charge on any atom is -0.478 e. The fourth-order valence-corrected chi connectivity index (χ4v) is 9.27. The topological polar surface area (TPSA) is 164 Å². The molecule has 72 heavy (non-hydrogen) atoms. The van der Waals surface area contributed by atoms with Gasteiger partial charge in [-0.3, -0.25) is 0 Å². The van der Waals surface area contributed by atoms with Crippen LogP contribution in [-0.2, 0) is 47.6 Å². The molecule has 0 amide bonds. The zero-order chi connectivity index (χ0) is 55.0. The van der Waals surface area contributed by atoms with Gasteiger partial charge in [0.25, 0.3) is 0 Å². The molecule has 6 aromatic rings. The van der Waals surface area contributed by atoms with Crippen LogP contribution in [0.25, 0.3) is 22.1 Å². The smallest absolute Gasteiger partial charge is 0.478 e. The van der Waals surface area contributed by atoms with E-state index in [0.717, 1.165) is 60.1 Å². The van der Waals surface area contributed by atoms with Gasteiger partial charge in [-0.1, -0.05) is 23.2 Å². The number of aromatic carboxylic acids is 2. The van der Waals surface area contributed by atoms with E-state index in [1.165, 1.54) is 17.4 Å². The molecule has 0 aromatic carbocycles. The van der Waals surface area contributed by atoms with Gasteiger partial charge >= 0.3 is 55.6 Å². The molecule has 7 heterocycles. The SMILES string of the molecule is Cn1nc(C(F)(F)C(F)(F)F)c(C(F)(F)F)c1-n1cc(-c2cc(C(=O)O)c(Cl)s2)cn1.Cn1nc(C(F)(F)C(F)(F)F)c(C(F)(F)F)c1-n1cc(B2OC(C)(C)C(C)(C)O2)cn1.O=C(O)c1cc(Br)sc1Cl. The number of rotatable bonds is 8. The number of nitrogens with zero attached hydrogens (tertiary/aromatic N) is 8. The van der Waals surface area contributed by atoms with Crippen molar-refractivity contribution in [1.82, 2.24) is 39.1 Å². The highest BCUT2D eigenvalue weighted by molar-refractivity contribution is 9.11. The molecule has 0 radical (unpaired) electrons. The zero-order valence-corrected chi connectivity index (χ0v) is 40.9. The van der Waals surface area contributed by atoms with Crippen molar-refractivity contribution >= 4 is 86.3 Å². The molecule has 394 valence electrons. The Morgan fingerprint density at radius 2 is 1.04 bits per heavy atom. The summed E-state index contributed by atoms with van der Waals surface area (Å²) in [7, 11) is 0.501. The summed E-state index contributed by atoms with van der Waals surface area (Å²) in [5, 5.41) is 30.4. The lowest BCUT2D eigenvalue weighted by atomic mass is 9.82. The molecule has 2 N–H and O–H groups in total. The largest absolute Gasteiger partial charge is 0.498 e. The normalized spacial score (nSPS) is 15.3. The van der Waals surface area contributed by atoms with Crippen molar-refractivity contribution in [3.63, 3.8) is 0 Å². The first-order valence-corrected chi connectivity index (χ1v) is 22.0. The van der Waals surface area contributed by atoms with E-state index in [-0.39, 0.29) is 40.7 Å². The van der Waals surface area contributed by atoms with Crippen molar-refractivity contribution in [3.8, 4) is 22.1 Å². The lowest BCUT2D eigenvalue weighted by Crippen LogP contribution is -2.41. The number of carbonyl (C=O) groups is 2. The van der Waals surface area contributed by atoms with E-state index < -0.39 is 101 Å². The number of carboxylic acid groups (broad SMARTS) is 2. The fourth-order valence-electron chi connectivity index (χ4n) is 6.05. The van der Waals surface area contributed by atoms with E-state index in [1.807, 2.05) is 0 Å². The van der Waals surface area contributed by atoms with E-state index in [0.29, 0.717) is 13.7 Å². The number of halogens is 19. The fraction of sp³-hybridized carbons (Fsp3) is 0.389. The number of alkyl halides is 16. The molecular weight excluding hydrogens is 1170 g/mol. The molecule has 1 aliphatic rings. The molecule has 1 fully saturated rings. The van der Waals surface area contributed by atoms with Crippen LogP contribution in [0, 0.1) is 0 Å². The molecule has 1 aliphatic heterocycles. The number of hydrogen-bond donors (Lipinski definition) is 2. The number of thiophene rings is 2. The summed E-state index contributed by atoms with van der Waals surface area (Å²) in [6.45, 7) is 6.91. The van der Waals surface area contributed by atoms with Crippen molar-refractivity contribution in [1.29, 1.82) is 0 Å². The second-order valence-electron chi connectivity index (χ2n) is 15.6. The predicted molar refractivity (Wildman–Crippen MR) is 226 cm³/mol. The van der Waals surface area contributed by atoms with Crippen LogP contribution in [0.3, 0.4) is 0 Å². The van der Waals surface area contributed by atoms with Crippen LogP contribution in [-0.4, -0.2) is 91.9 Å². The number of carboxylic acids is 2. The maximum atomic E-state index is 13.8. The number of aryl methyl sites for hydroxylation is 2. The average Bonchev–Trinajstić information content (AvgIpc) is 4.06. The molecule has 0 unspecified atom stereocenters. The van der Waals surface area contributed by atoms with Gasteiger partial charge in [0.05, 0.1) is 32.3 Å². The first-order valence-electron chi connectivity index (χ1n) is 18.8. The molecule has 14 nitrogen and oxygen atoms in total. The molecule has 0 saturated carbocycles. The Labute approximate surface area is 417 Å². The molecule has 0 spiro atoms. The summed E-state index contributed by atoms with van der Waals surface area (Å²) >= 11 is 16.4. The van der Waals surface area contributed by atoms with Crippen molar-refractivity contribution < 1.29 is 99.4 Å². The highest BCUT2D eigenvalue weighted by atomic mass is 79.9. The van der Waals surface area contributed by atoms with E-state index in [1.54, 1.807) is 27.7 Å². The van der Waals surface area contributed by atoms with Gasteiger partial charge in [-0.05, 0) is 55.8 Å². The minimum atomic E-state index is -6.32. The Kier molecular flexibility index (Phi) is 15.6. The minimum absolute atomic E-state index is 0.0397. The Morgan fingerprint density at radius 1 is 0.653 bits per heavy atom. The van der Waals surface area contributed by atoms with Gasteiger partial charge in [0.1, 0.15) is 19.8 Å². The molecule has 0 aliphatic carbocycles. The maximum absolute atomic E-state index is 13.8. The molecule has 0 bridgehead atoms. The Balaban J connectivity index is 0.000000224. The highest BCUT2D eigenvalue weighted by Crippen LogP contribution is 2.51. The third-order valence-corrected chi connectivity index (χ3v) is 13.4. The molecule has 1 saturated heterocycles. The van der Waals surface area contributed by atoms with Gasteiger partial charge in [-0.15, -0.1) is 22.7 Å². The third-order valence-electron chi connectivity index (χ3n) is 10.1. The van der Waals surface area contributed by atoms with Crippen LogP contribution in [0.4, 0.5) is 70.2 Å². The van der Waals surface area contributed by atoms with Crippen molar-refractivity contribution in [2.75, 3.05) is 0 Å². The van der Waals surface area contributed by atoms with Gasteiger partial charge < -0.3 is 19.5 Å². The van der Waals surface area contributed by atoms with Crippen LogP contribution in [0.1, 0.15) is 70.9 Å². The molecule has 0 atom stereocenters. The Hall–Kier alpha value is -4.90. The summed E-state index contributed by atoms with van der Waals surface area (Å²) in [4.78, 5) is 21.6. The summed E-state index contributed by atoms with van der Waals surface area (Å²) < 4.78 is 227. The first-order chi connectivity index (χ1) is 32.5. The third kappa shape index (κ3) is 11.3. The Bertz CT molecular complexity index is 2990. The number of aromatic nitrogens is 8. The number of hydrogen-bond acceptors (Lipinski definition) is 10. The van der Waals surface area contributed by atoms with Crippen LogP contribution < -0.4 is 5.46 Å². The summed E-state index contributed by atoms with van der Waals surface area (Å²) in [6.07, 6.45) is -19.9. The molecule has 36 heteroatoms. The molecule has 7 rings (SSSR count). The molecule has 6 aromatic heterocycles. The van der Waals surface area contributed by atoms with Crippen molar-refractivity contribution in [2.45, 2.75) is 75.4 Å². The highest BCUT2D eigenvalue weighted by Gasteiger charge is 2.65. The van der Waals surface area contributed by atoms with E-state index >= 15 is 0 Å². The van der Waals surface area contributed by atoms with Crippen molar-refractivity contribution in [3.05, 3.63) is 83.0 Å². The quantitative estimate of drug-likeness (QED) is 0.111. The second kappa shape index (κ2) is 19.4. The van der Waals surface area contributed by atoms with Gasteiger partial charge in [-0.25, -0.2) is 28.3 Å². The van der Waals surface area contributed by atoms with Crippen molar-refractivity contribution in [2.24, 2.45) is 14.1 Å². The van der Waals surface area contributed by atoms with E-state index in [4.69, 9.17) is 42.7 Å². The van der Waals surface area contributed by atoms with Gasteiger partial charge in [0.15, 0.2) is 23.0 Å². The van der Waals surface area contributed by atoms with Crippen LogP contribution in [0.15, 0.2) is 40.7 Å². The summed E-state index contributed by atoms with van der Waals surface area (Å²) in [5.41, 5.74) is -11.1. The Morgan fingerprint density at radius 3 is 1.39 bits per heavy atom. The van der Waals surface area contributed by atoms with Crippen LogP contribution in [0.5, 0.6) is 0 Å². The van der Waals surface area contributed by atoms with Crippen LogP contribution in [0.2, 0.25) is 8.67 Å². The van der Waals surface area contributed by atoms with Crippen LogP contribution >= 0.6 is 61.8 Å². The molecular formula is C36H26BBrCl2F16N8O6S2. The van der Waals surface area contributed by atoms with Gasteiger partial charge in [0, 0.05) is 48.6 Å². The summed E-state index contributed by atoms with van der Waals surface area (Å²) in [5.74, 6) is -16.4. The maximum Gasteiger partial charge on any atom is 0.498 e. The predicted octanol–water partition coefficient (Wildman–Crippen LogP) is 11.8. The van der Waals surface area contributed by atoms with E-state index in [2.05, 4.69) is 36.3 Å². The average molecular weight is 1200 g/mol. The standard InChI is InChI=1S/C16H17BF8N4O2.C15H7ClF8N4O2S.C5H2BrClO2S/c1-12(2)13(3,4)31-17(30-12)8-6-26-29(7-8)11-9(15(20,21)22)10(27-28(11)5)14(18,19)16(23,24)25;1-27-11(8(14(19,20)21)9(26-27)13(17,18)15(22,23)24)28-4-5(3-25-28)7-2-6(12(29)30)10(16)31-7;6-3-1-2(5(8)9)4(7)10-3/h6-7H,1-5H3;2-4H,1H3,(H,29,30);1H,(H,8,9). The monoisotopic (exact) mass is 1190 g/mol. The van der Waals surface area contributed by atoms with Gasteiger partial charge in [-0.2, -0.15) is 90.6 Å². The lowest BCUT2D eigenvalue weighted by Gasteiger charge is -2.32. The van der Waals surface area contributed by atoms with Gasteiger partial charge in [0.2, 0.25) is 0 Å². The second-order valence-corrected chi connectivity index (χ2v) is 20.3. The lowest BCUT2D eigenvalue weighted by molar-refractivity contribution is -0.292.